The van der Waals surface area contributed by atoms with E-state index in [1.54, 1.807) is 0 Å². The van der Waals surface area contributed by atoms with Crippen molar-refractivity contribution in [3.8, 4) is 0 Å². The molecular formula is C15H24ClN. The highest BCUT2D eigenvalue weighted by Gasteiger charge is 2.10. The second-order valence-electron chi connectivity index (χ2n) is 5.09. The molecule has 0 spiro atoms. The summed E-state index contributed by atoms with van der Waals surface area (Å²) >= 11 is 6.05. The topological polar surface area (TPSA) is 12.0 Å². The van der Waals surface area contributed by atoms with Crippen molar-refractivity contribution in [2.24, 2.45) is 5.92 Å². The predicted molar refractivity (Wildman–Crippen MR) is 76.8 cm³/mol. The number of hydrogen-bond acceptors (Lipinski definition) is 1. The molecule has 17 heavy (non-hydrogen) atoms. The quantitative estimate of drug-likeness (QED) is 0.756. The largest absolute Gasteiger partial charge is 0.316 e. The molecule has 1 rings (SSSR count). The van der Waals surface area contributed by atoms with Crippen LogP contribution in [0, 0.1) is 5.92 Å². The molecule has 96 valence electrons. The van der Waals surface area contributed by atoms with Gasteiger partial charge in [-0.05, 0) is 42.5 Å². The Morgan fingerprint density at radius 3 is 2.59 bits per heavy atom. The molecule has 0 aliphatic rings. The van der Waals surface area contributed by atoms with Gasteiger partial charge in [0.05, 0.1) is 0 Å². The molecule has 1 unspecified atom stereocenters. The van der Waals surface area contributed by atoms with E-state index in [0.29, 0.717) is 11.8 Å². The summed E-state index contributed by atoms with van der Waals surface area (Å²) in [6, 6.07) is 8.26. The van der Waals surface area contributed by atoms with Crippen molar-refractivity contribution in [3.05, 3.63) is 34.9 Å². The summed E-state index contributed by atoms with van der Waals surface area (Å²) in [6.07, 6.45) is 2.42. The zero-order valence-electron chi connectivity index (χ0n) is 11.2. The van der Waals surface area contributed by atoms with E-state index in [9.17, 15) is 0 Å². The standard InChI is InChI=1S/C15H24ClN/c1-4-6-14(11-17-10-12(2)3)13-7-5-8-15(16)9-13/h5,7-9,12,14,17H,4,6,10-11H2,1-3H3. The average Bonchev–Trinajstić information content (AvgIpc) is 2.27. The van der Waals surface area contributed by atoms with E-state index in [1.165, 1.54) is 18.4 Å². The van der Waals surface area contributed by atoms with Gasteiger partial charge in [0.1, 0.15) is 0 Å². The first-order valence-corrected chi connectivity index (χ1v) is 6.97. The molecule has 0 radical (unpaired) electrons. The molecule has 0 aromatic heterocycles. The van der Waals surface area contributed by atoms with E-state index in [-0.39, 0.29) is 0 Å². The molecule has 1 N–H and O–H groups in total. The molecule has 2 heteroatoms. The Bertz CT molecular complexity index is 322. The maximum absolute atomic E-state index is 6.05. The number of nitrogens with one attached hydrogen (secondary N) is 1. The summed E-state index contributed by atoms with van der Waals surface area (Å²) in [4.78, 5) is 0. The van der Waals surface area contributed by atoms with Crippen LogP contribution in [0.15, 0.2) is 24.3 Å². The zero-order chi connectivity index (χ0) is 12.7. The second-order valence-corrected chi connectivity index (χ2v) is 5.53. The van der Waals surface area contributed by atoms with Crippen molar-refractivity contribution in [1.82, 2.24) is 5.32 Å². The third-order valence-electron chi connectivity index (χ3n) is 2.90. The first kappa shape index (κ1) is 14.5. The fourth-order valence-electron chi connectivity index (χ4n) is 2.04. The minimum Gasteiger partial charge on any atom is -0.316 e. The van der Waals surface area contributed by atoms with Crippen LogP contribution in [0.4, 0.5) is 0 Å². The van der Waals surface area contributed by atoms with E-state index in [4.69, 9.17) is 11.6 Å². The zero-order valence-corrected chi connectivity index (χ0v) is 11.9. The molecular weight excluding hydrogens is 230 g/mol. The maximum Gasteiger partial charge on any atom is 0.0408 e. The van der Waals surface area contributed by atoms with Crippen molar-refractivity contribution < 1.29 is 0 Å². The van der Waals surface area contributed by atoms with Crippen LogP contribution < -0.4 is 5.32 Å². The predicted octanol–water partition coefficient (Wildman–Crippen LogP) is 4.47. The molecule has 1 aromatic rings. The van der Waals surface area contributed by atoms with Crippen LogP contribution in [0.5, 0.6) is 0 Å². The van der Waals surface area contributed by atoms with Gasteiger partial charge < -0.3 is 5.32 Å². The monoisotopic (exact) mass is 253 g/mol. The molecule has 0 bridgehead atoms. The summed E-state index contributed by atoms with van der Waals surface area (Å²) in [5.41, 5.74) is 1.36. The Morgan fingerprint density at radius 1 is 1.24 bits per heavy atom. The lowest BCUT2D eigenvalue weighted by atomic mass is 9.94. The van der Waals surface area contributed by atoms with Crippen molar-refractivity contribution in [3.63, 3.8) is 0 Å². The SMILES string of the molecule is CCCC(CNCC(C)C)c1cccc(Cl)c1. The van der Waals surface area contributed by atoms with E-state index in [0.717, 1.165) is 18.1 Å². The summed E-state index contributed by atoms with van der Waals surface area (Å²) in [7, 11) is 0. The van der Waals surface area contributed by atoms with Crippen LogP contribution in [0.25, 0.3) is 0 Å². The van der Waals surface area contributed by atoms with Gasteiger partial charge >= 0.3 is 0 Å². The van der Waals surface area contributed by atoms with Gasteiger partial charge in [-0.25, -0.2) is 0 Å². The van der Waals surface area contributed by atoms with Crippen LogP contribution in [-0.2, 0) is 0 Å². The highest BCUT2D eigenvalue weighted by atomic mass is 35.5. The van der Waals surface area contributed by atoms with Gasteiger partial charge in [0, 0.05) is 11.6 Å². The normalized spacial score (nSPS) is 13.0. The fourth-order valence-corrected chi connectivity index (χ4v) is 2.24. The van der Waals surface area contributed by atoms with E-state index in [2.05, 4.69) is 38.2 Å². The molecule has 0 aliphatic carbocycles. The van der Waals surface area contributed by atoms with Crippen molar-refractivity contribution >= 4 is 11.6 Å². The van der Waals surface area contributed by atoms with Gasteiger partial charge in [0.2, 0.25) is 0 Å². The Hall–Kier alpha value is -0.530. The Morgan fingerprint density at radius 2 is 2.00 bits per heavy atom. The number of rotatable bonds is 7. The minimum absolute atomic E-state index is 0.581. The van der Waals surface area contributed by atoms with Gasteiger partial charge in [0.15, 0.2) is 0 Å². The highest BCUT2D eigenvalue weighted by molar-refractivity contribution is 6.30. The molecule has 0 fully saturated rings. The van der Waals surface area contributed by atoms with Crippen molar-refractivity contribution in [2.45, 2.75) is 39.5 Å². The molecule has 1 aromatic carbocycles. The third-order valence-corrected chi connectivity index (χ3v) is 3.14. The van der Waals surface area contributed by atoms with Crippen molar-refractivity contribution in [2.75, 3.05) is 13.1 Å². The summed E-state index contributed by atoms with van der Waals surface area (Å²) in [6.45, 7) is 8.84. The lowest BCUT2D eigenvalue weighted by Gasteiger charge is -2.18. The Kier molecular flexibility index (Phi) is 6.61. The Balaban J connectivity index is 2.58. The number of hydrogen-bond donors (Lipinski definition) is 1. The molecule has 0 saturated carbocycles. The van der Waals surface area contributed by atoms with E-state index < -0.39 is 0 Å². The first-order chi connectivity index (χ1) is 8.13. The van der Waals surface area contributed by atoms with Crippen LogP contribution >= 0.6 is 11.6 Å². The van der Waals surface area contributed by atoms with Gasteiger partial charge in [-0.3, -0.25) is 0 Å². The number of benzene rings is 1. The Labute approximate surface area is 111 Å². The van der Waals surface area contributed by atoms with Crippen LogP contribution in [-0.4, -0.2) is 13.1 Å². The van der Waals surface area contributed by atoms with E-state index >= 15 is 0 Å². The number of halogens is 1. The minimum atomic E-state index is 0.581. The fraction of sp³-hybridized carbons (Fsp3) is 0.600. The molecule has 0 aliphatic heterocycles. The van der Waals surface area contributed by atoms with Crippen molar-refractivity contribution in [1.29, 1.82) is 0 Å². The summed E-state index contributed by atoms with van der Waals surface area (Å²) in [5, 5.41) is 4.38. The maximum atomic E-state index is 6.05. The van der Waals surface area contributed by atoms with Gasteiger partial charge in [-0.15, -0.1) is 0 Å². The van der Waals surface area contributed by atoms with Gasteiger partial charge in [-0.1, -0.05) is 50.9 Å². The van der Waals surface area contributed by atoms with E-state index in [1.807, 2.05) is 12.1 Å². The summed E-state index contributed by atoms with van der Waals surface area (Å²) in [5.74, 6) is 1.29. The van der Waals surface area contributed by atoms with Crippen LogP contribution in [0.1, 0.15) is 45.1 Å². The molecule has 0 amide bonds. The highest BCUT2D eigenvalue weighted by Crippen LogP contribution is 2.23. The second kappa shape index (κ2) is 7.73. The molecule has 0 heterocycles. The van der Waals surface area contributed by atoms with Gasteiger partial charge in [0.25, 0.3) is 0 Å². The third kappa shape index (κ3) is 5.56. The molecule has 0 saturated heterocycles. The van der Waals surface area contributed by atoms with Crippen LogP contribution in [0.2, 0.25) is 5.02 Å². The molecule has 1 nitrogen and oxygen atoms in total. The lowest BCUT2D eigenvalue weighted by molar-refractivity contribution is 0.498. The summed E-state index contributed by atoms with van der Waals surface area (Å²) < 4.78 is 0. The van der Waals surface area contributed by atoms with Gasteiger partial charge in [-0.2, -0.15) is 0 Å². The lowest BCUT2D eigenvalue weighted by Crippen LogP contribution is -2.25. The molecule has 1 atom stereocenters. The van der Waals surface area contributed by atoms with Crippen LogP contribution in [0.3, 0.4) is 0 Å². The average molecular weight is 254 g/mol. The smallest absolute Gasteiger partial charge is 0.0408 e. The first-order valence-electron chi connectivity index (χ1n) is 6.59.